The van der Waals surface area contributed by atoms with E-state index in [1.807, 2.05) is 6.07 Å². The van der Waals surface area contributed by atoms with Crippen LogP contribution in [0.5, 0.6) is 0 Å². The van der Waals surface area contributed by atoms with Crippen molar-refractivity contribution in [1.29, 1.82) is 0 Å². The molecule has 14 heavy (non-hydrogen) atoms. The van der Waals surface area contributed by atoms with Gasteiger partial charge in [0.05, 0.1) is 0 Å². The van der Waals surface area contributed by atoms with Gasteiger partial charge in [0.25, 0.3) is 0 Å². The van der Waals surface area contributed by atoms with E-state index < -0.39 is 0 Å². The zero-order valence-electron chi connectivity index (χ0n) is 8.73. The molecule has 0 aliphatic rings. The van der Waals surface area contributed by atoms with E-state index in [9.17, 15) is 0 Å². The molecular formula is C10H17N3S. The monoisotopic (exact) mass is 211 g/mol. The van der Waals surface area contributed by atoms with Crippen LogP contribution < -0.4 is 5.32 Å². The molecule has 0 radical (unpaired) electrons. The molecule has 0 aliphatic carbocycles. The molecule has 1 aromatic heterocycles. The van der Waals surface area contributed by atoms with Crippen LogP contribution in [0, 0.1) is 0 Å². The van der Waals surface area contributed by atoms with Crippen molar-refractivity contribution in [2.75, 3.05) is 13.1 Å². The van der Waals surface area contributed by atoms with Gasteiger partial charge < -0.3 is 5.32 Å². The van der Waals surface area contributed by atoms with Crippen LogP contribution in [-0.2, 0) is 0 Å². The number of rotatable bonds is 6. The molecule has 1 rings (SSSR count). The molecule has 0 spiro atoms. The smallest absolute Gasteiger partial charge is 0.187 e. The van der Waals surface area contributed by atoms with Crippen LogP contribution in [-0.4, -0.2) is 28.3 Å². The van der Waals surface area contributed by atoms with Gasteiger partial charge in [-0.3, -0.25) is 0 Å². The Morgan fingerprint density at radius 1 is 1.43 bits per heavy atom. The molecule has 0 bridgehead atoms. The summed E-state index contributed by atoms with van der Waals surface area (Å²) in [4.78, 5) is 8.34. The standard InChI is InChI=1S/C10H17N3S/c1-3-5-11-8-9(2)14-10-12-6-4-7-13-10/h4,6-7,9,11H,3,5,8H2,1-2H3. The van der Waals surface area contributed by atoms with Crippen LogP contribution in [0.25, 0.3) is 0 Å². The van der Waals surface area contributed by atoms with Crippen molar-refractivity contribution in [3.05, 3.63) is 18.5 Å². The first kappa shape index (κ1) is 11.5. The lowest BCUT2D eigenvalue weighted by atomic mass is 10.4. The average Bonchev–Trinajstić information content (AvgIpc) is 2.20. The Balaban J connectivity index is 2.23. The van der Waals surface area contributed by atoms with Gasteiger partial charge in [0.1, 0.15) is 0 Å². The SMILES string of the molecule is CCCNCC(C)Sc1ncccn1. The minimum atomic E-state index is 0.518. The maximum Gasteiger partial charge on any atom is 0.187 e. The second kappa shape index (κ2) is 6.79. The number of nitrogens with one attached hydrogen (secondary N) is 1. The number of thioether (sulfide) groups is 1. The molecule has 0 aromatic carbocycles. The first-order valence-electron chi connectivity index (χ1n) is 4.97. The van der Waals surface area contributed by atoms with E-state index >= 15 is 0 Å². The van der Waals surface area contributed by atoms with E-state index in [0.29, 0.717) is 5.25 Å². The summed E-state index contributed by atoms with van der Waals surface area (Å²) in [5.41, 5.74) is 0. The highest BCUT2D eigenvalue weighted by atomic mass is 32.2. The molecule has 0 amide bonds. The van der Waals surface area contributed by atoms with E-state index in [2.05, 4.69) is 29.1 Å². The van der Waals surface area contributed by atoms with Crippen LogP contribution in [0.3, 0.4) is 0 Å². The largest absolute Gasteiger partial charge is 0.316 e. The molecule has 0 saturated carbocycles. The lowest BCUT2D eigenvalue weighted by Crippen LogP contribution is -2.23. The lowest BCUT2D eigenvalue weighted by molar-refractivity contribution is 0.668. The minimum Gasteiger partial charge on any atom is -0.316 e. The molecule has 1 atom stereocenters. The first-order valence-corrected chi connectivity index (χ1v) is 5.85. The first-order chi connectivity index (χ1) is 6.83. The Kier molecular flexibility index (Phi) is 5.56. The molecule has 1 unspecified atom stereocenters. The highest BCUT2D eigenvalue weighted by Gasteiger charge is 2.04. The van der Waals surface area contributed by atoms with Crippen molar-refractivity contribution < 1.29 is 0 Å². The van der Waals surface area contributed by atoms with Gasteiger partial charge in [-0.15, -0.1) is 0 Å². The number of hydrogen-bond acceptors (Lipinski definition) is 4. The topological polar surface area (TPSA) is 37.8 Å². The van der Waals surface area contributed by atoms with Gasteiger partial charge in [0, 0.05) is 24.2 Å². The third kappa shape index (κ3) is 4.58. The number of hydrogen-bond donors (Lipinski definition) is 1. The molecule has 78 valence electrons. The van der Waals surface area contributed by atoms with Gasteiger partial charge in [-0.25, -0.2) is 9.97 Å². The van der Waals surface area contributed by atoms with Gasteiger partial charge in [-0.1, -0.05) is 25.6 Å². The fraction of sp³-hybridized carbons (Fsp3) is 0.600. The van der Waals surface area contributed by atoms with Crippen molar-refractivity contribution in [2.45, 2.75) is 30.7 Å². The average molecular weight is 211 g/mol. The second-order valence-corrected chi connectivity index (χ2v) is 4.57. The minimum absolute atomic E-state index is 0.518. The molecule has 3 nitrogen and oxygen atoms in total. The molecular weight excluding hydrogens is 194 g/mol. The fourth-order valence-corrected chi connectivity index (χ4v) is 1.85. The van der Waals surface area contributed by atoms with Crippen LogP contribution in [0.4, 0.5) is 0 Å². The number of nitrogens with zero attached hydrogens (tertiary/aromatic N) is 2. The highest BCUT2D eigenvalue weighted by Crippen LogP contribution is 2.16. The molecule has 1 heterocycles. The summed E-state index contributed by atoms with van der Waals surface area (Å²) in [7, 11) is 0. The third-order valence-electron chi connectivity index (χ3n) is 1.71. The van der Waals surface area contributed by atoms with E-state index in [0.717, 1.165) is 18.2 Å². The van der Waals surface area contributed by atoms with Crippen LogP contribution in [0.2, 0.25) is 0 Å². The highest BCUT2D eigenvalue weighted by molar-refractivity contribution is 7.99. The Morgan fingerprint density at radius 3 is 2.79 bits per heavy atom. The molecule has 1 aromatic rings. The van der Waals surface area contributed by atoms with E-state index in [1.165, 1.54) is 6.42 Å². The summed E-state index contributed by atoms with van der Waals surface area (Å²) in [5.74, 6) is 0. The van der Waals surface area contributed by atoms with Gasteiger partial charge >= 0.3 is 0 Å². The number of aromatic nitrogens is 2. The predicted octanol–water partition coefficient (Wildman–Crippen LogP) is 1.96. The van der Waals surface area contributed by atoms with Crippen molar-refractivity contribution in [1.82, 2.24) is 15.3 Å². The maximum absolute atomic E-state index is 4.17. The summed E-state index contributed by atoms with van der Waals surface area (Å²) in [5, 5.41) is 4.76. The Morgan fingerprint density at radius 2 is 2.14 bits per heavy atom. The summed E-state index contributed by atoms with van der Waals surface area (Å²) in [6.07, 6.45) is 4.74. The normalized spacial score (nSPS) is 12.7. The van der Waals surface area contributed by atoms with Crippen molar-refractivity contribution in [3.63, 3.8) is 0 Å². The Hall–Kier alpha value is -0.610. The summed E-state index contributed by atoms with van der Waals surface area (Å²) in [6.45, 7) is 6.45. The summed E-state index contributed by atoms with van der Waals surface area (Å²) in [6, 6.07) is 1.84. The summed E-state index contributed by atoms with van der Waals surface area (Å²) >= 11 is 1.71. The van der Waals surface area contributed by atoms with Gasteiger partial charge in [0.15, 0.2) is 5.16 Å². The zero-order chi connectivity index (χ0) is 10.2. The molecule has 4 heteroatoms. The Bertz CT molecular complexity index is 240. The molecule has 0 fully saturated rings. The summed E-state index contributed by atoms with van der Waals surface area (Å²) < 4.78 is 0. The van der Waals surface area contributed by atoms with Gasteiger partial charge in [-0.05, 0) is 19.0 Å². The second-order valence-electron chi connectivity index (χ2n) is 3.16. The van der Waals surface area contributed by atoms with Crippen molar-refractivity contribution >= 4 is 11.8 Å². The van der Waals surface area contributed by atoms with E-state index in [-0.39, 0.29) is 0 Å². The third-order valence-corrected chi connectivity index (χ3v) is 2.70. The quantitative estimate of drug-likeness (QED) is 0.443. The molecule has 0 aliphatic heterocycles. The Labute approximate surface area is 89.7 Å². The van der Waals surface area contributed by atoms with Crippen molar-refractivity contribution in [2.24, 2.45) is 0 Å². The van der Waals surface area contributed by atoms with E-state index in [4.69, 9.17) is 0 Å². The zero-order valence-corrected chi connectivity index (χ0v) is 9.55. The van der Waals surface area contributed by atoms with Crippen LogP contribution in [0.15, 0.2) is 23.6 Å². The lowest BCUT2D eigenvalue weighted by Gasteiger charge is -2.10. The van der Waals surface area contributed by atoms with Crippen LogP contribution >= 0.6 is 11.8 Å². The fourth-order valence-electron chi connectivity index (χ4n) is 1.05. The van der Waals surface area contributed by atoms with Gasteiger partial charge in [0.2, 0.25) is 0 Å². The van der Waals surface area contributed by atoms with Crippen LogP contribution in [0.1, 0.15) is 20.3 Å². The van der Waals surface area contributed by atoms with Crippen molar-refractivity contribution in [3.8, 4) is 0 Å². The maximum atomic E-state index is 4.17. The van der Waals surface area contributed by atoms with Gasteiger partial charge in [-0.2, -0.15) is 0 Å². The predicted molar refractivity (Wildman–Crippen MR) is 60.5 cm³/mol. The van der Waals surface area contributed by atoms with E-state index in [1.54, 1.807) is 24.2 Å². The molecule has 1 N–H and O–H groups in total. The molecule has 0 saturated heterocycles.